The predicted molar refractivity (Wildman–Crippen MR) is 102 cm³/mol. The number of carbonyl (C=O) groups is 2. The molecule has 0 aliphatic heterocycles. The Balaban J connectivity index is 2.79. The van der Waals surface area contributed by atoms with Crippen LogP contribution in [0.15, 0.2) is 18.2 Å². The lowest BCUT2D eigenvalue weighted by atomic mass is 10.1. The number of hydrogen-bond acceptors (Lipinski definition) is 6. The predicted octanol–water partition coefficient (Wildman–Crippen LogP) is 5.07. The lowest BCUT2D eigenvalue weighted by Gasteiger charge is -2.10. The smallest absolute Gasteiger partial charge is 0.339 e. The molecule has 1 aromatic carbocycles. The van der Waals surface area contributed by atoms with Crippen LogP contribution in [0.1, 0.15) is 85.9 Å². The molecule has 27 heavy (non-hydrogen) atoms. The molecule has 1 rings (SSSR count). The van der Waals surface area contributed by atoms with Crippen LogP contribution < -0.4 is 0 Å². The van der Waals surface area contributed by atoms with E-state index >= 15 is 0 Å². The highest BCUT2D eigenvalue weighted by Crippen LogP contribution is 2.20. The molecule has 0 N–H and O–H groups in total. The second-order valence-electron chi connectivity index (χ2n) is 6.38. The molecule has 0 atom stereocenters. The van der Waals surface area contributed by atoms with Gasteiger partial charge in [0.1, 0.15) is 0 Å². The van der Waals surface area contributed by atoms with Crippen molar-refractivity contribution in [2.75, 3.05) is 13.2 Å². The number of rotatable bonds is 13. The molecule has 0 spiro atoms. The maximum atomic E-state index is 12.3. The lowest BCUT2D eigenvalue weighted by molar-refractivity contribution is -0.384. The minimum absolute atomic E-state index is 0.00495. The second kappa shape index (κ2) is 12.8. The first-order valence-corrected chi connectivity index (χ1v) is 9.63. The quantitative estimate of drug-likeness (QED) is 0.205. The number of nitrogens with zero attached hydrogens (tertiary/aromatic N) is 1. The van der Waals surface area contributed by atoms with E-state index in [9.17, 15) is 19.7 Å². The molecule has 0 aliphatic rings. The zero-order valence-electron chi connectivity index (χ0n) is 16.2. The SMILES string of the molecule is CCCCCCOC(=O)c1ccc([N+](=O)[O-])cc1C(=O)OCCCCCC. The van der Waals surface area contributed by atoms with Crippen LogP contribution in [0, 0.1) is 10.1 Å². The molecule has 150 valence electrons. The summed E-state index contributed by atoms with van der Waals surface area (Å²) in [4.78, 5) is 35.0. The fourth-order valence-electron chi connectivity index (χ4n) is 2.54. The normalized spacial score (nSPS) is 10.4. The maximum Gasteiger partial charge on any atom is 0.339 e. The van der Waals surface area contributed by atoms with E-state index in [1.54, 1.807) is 0 Å². The van der Waals surface area contributed by atoms with Gasteiger partial charge in [-0.1, -0.05) is 52.4 Å². The largest absolute Gasteiger partial charge is 0.462 e. The summed E-state index contributed by atoms with van der Waals surface area (Å²) < 4.78 is 10.4. The highest BCUT2D eigenvalue weighted by atomic mass is 16.6. The van der Waals surface area contributed by atoms with E-state index < -0.39 is 16.9 Å². The van der Waals surface area contributed by atoms with Gasteiger partial charge in [0.05, 0.1) is 29.3 Å². The van der Waals surface area contributed by atoms with Crippen LogP contribution >= 0.6 is 0 Å². The average Bonchev–Trinajstić information content (AvgIpc) is 2.66. The Kier molecular flexibility index (Phi) is 10.7. The van der Waals surface area contributed by atoms with Crippen LogP contribution in [-0.4, -0.2) is 30.1 Å². The van der Waals surface area contributed by atoms with E-state index in [1.807, 2.05) is 0 Å². The number of ether oxygens (including phenoxy) is 2. The highest BCUT2D eigenvalue weighted by Gasteiger charge is 2.23. The molecule has 0 fully saturated rings. The monoisotopic (exact) mass is 379 g/mol. The van der Waals surface area contributed by atoms with Crippen molar-refractivity contribution in [2.24, 2.45) is 0 Å². The van der Waals surface area contributed by atoms with Gasteiger partial charge in [0.2, 0.25) is 0 Å². The number of hydrogen-bond donors (Lipinski definition) is 0. The van der Waals surface area contributed by atoms with Gasteiger partial charge >= 0.3 is 11.9 Å². The highest BCUT2D eigenvalue weighted by molar-refractivity contribution is 6.03. The van der Waals surface area contributed by atoms with Crippen LogP contribution in [0.4, 0.5) is 5.69 Å². The van der Waals surface area contributed by atoms with E-state index in [4.69, 9.17) is 9.47 Å². The zero-order valence-corrected chi connectivity index (χ0v) is 16.2. The third-order valence-electron chi connectivity index (χ3n) is 4.12. The van der Waals surface area contributed by atoms with Crippen molar-refractivity contribution >= 4 is 17.6 Å². The number of nitro groups is 1. The van der Waals surface area contributed by atoms with E-state index in [1.165, 1.54) is 12.1 Å². The van der Waals surface area contributed by atoms with E-state index in [0.717, 1.165) is 51.0 Å². The summed E-state index contributed by atoms with van der Waals surface area (Å²) in [5, 5.41) is 11.0. The number of nitro benzene ring substituents is 1. The van der Waals surface area contributed by atoms with Gasteiger partial charge in [0.25, 0.3) is 5.69 Å². The third kappa shape index (κ3) is 8.19. The molecule has 0 amide bonds. The van der Waals surface area contributed by atoms with E-state index in [0.29, 0.717) is 6.42 Å². The van der Waals surface area contributed by atoms with Crippen LogP contribution in [-0.2, 0) is 9.47 Å². The Morgan fingerprint density at radius 1 is 0.852 bits per heavy atom. The van der Waals surface area contributed by atoms with Crippen molar-refractivity contribution < 1.29 is 24.0 Å². The van der Waals surface area contributed by atoms with Crippen molar-refractivity contribution in [3.8, 4) is 0 Å². The van der Waals surface area contributed by atoms with Gasteiger partial charge < -0.3 is 9.47 Å². The van der Waals surface area contributed by atoms with E-state index in [-0.39, 0.29) is 30.0 Å². The Morgan fingerprint density at radius 3 is 1.85 bits per heavy atom. The van der Waals surface area contributed by atoms with Crippen molar-refractivity contribution in [3.63, 3.8) is 0 Å². The Hall–Kier alpha value is -2.44. The van der Waals surface area contributed by atoms with E-state index in [2.05, 4.69) is 13.8 Å². The number of unbranched alkanes of at least 4 members (excludes halogenated alkanes) is 6. The molecule has 0 saturated carbocycles. The van der Waals surface area contributed by atoms with Gasteiger partial charge in [-0.05, 0) is 18.9 Å². The summed E-state index contributed by atoms with van der Waals surface area (Å²) in [6.07, 6.45) is 7.59. The molecule has 0 heterocycles. The van der Waals surface area contributed by atoms with Crippen LogP contribution in [0.2, 0.25) is 0 Å². The van der Waals surface area contributed by atoms with Gasteiger partial charge in [0, 0.05) is 12.1 Å². The Morgan fingerprint density at radius 2 is 1.37 bits per heavy atom. The van der Waals surface area contributed by atoms with Gasteiger partial charge in [-0.3, -0.25) is 10.1 Å². The van der Waals surface area contributed by atoms with Gasteiger partial charge in [-0.2, -0.15) is 0 Å². The number of benzene rings is 1. The molecule has 1 aromatic rings. The first-order chi connectivity index (χ1) is 13.0. The van der Waals surface area contributed by atoms with Gasteiger partial charge in [-0.15, -0.1) is 0 Å². The van der Waals surface area contributed by atoms with Crippen LogP contribution in [0.3, 0.4) is 0 Å². The molecular weight excluding hydrogens is 350 g/mol. The molecule has 0 unspecified atom stereocenters. The summed E-state index contributed by atoms with van der Waals surface area (Å²) in [5.74, 6) is -1.41. The lowest BCUT2D eigenvalue weighted by Crippen LogP contribution is -2.15. The van der Waals surface area contributed by atoms with Gasteiger partial charge in [0.15, 0.2) is 0 Å². The molecule has 7 heteroatoms. The minimum atomic E-state index is -0.742. The van der Waals surface area contributed by atoms with Crippen molar-refractivity contribution in [1.82, 2.24) is 0 Å². The molecule has 0 saturated heterocycles. The molecular formula is C20H29NO6. The number of carbonyl (C=O) groups excluding carboxylic acids is 2. The van der Waals surface area contributed by atoms with Crippen molar-refractivity contribution in [2.45, 2.75) is 65.2 Å². The molecule has 0 aromatic heterocycles. The summed E-state index contributed by atoms with van der Waals surface area (Å²) in [7, 11) is 0. The topological polar surface area (TPSA) is 95.7 Å². The standard InChI is InChI=1S/C20H29NO6/c1-3-5-7-9-13-26-19(22)17-12-11-16(21(24)25)15-18(17)20(23)27-14-10-8-6-4-2/h11-12,15H,3-10,13-14H2,1-2H3. The van der Waals surface area contributed by atoms with Crippen molar-refractivity contribution in [1.29, 1.82) is 0 Å². The zero-order chi connectivity index (χ0) is 20.1. The first kappa shape index (κ1) is 22.6. The summed E-state index contributed by atoms with van der Waals surface area (Å²) >= 11 is 0. The minimum Gasteiger partial charge on any atom is -0.462 e. The molecule has 7 nitrogen and oxygen atoms in total. The molecule has 0 bridgehead atoms. The third-order valence-corrected chi connectivity index (χ3v) is 4.12. The number of esters is 2. The fraction of sp³-hybridized carbons (Fsp3) is 0.600. The second-order valence-corrected chi connectivity index (χ2v) is 6.38. The molecule has 0 aliphatic carbocycles. The Labute approximate surface area is 160 Å². The van der Waals surface area contributed by atoms with Crippen molar-refractivity contribution in [3.05, 3.63) is 39.4 Å². The summed E-state index contributed by atoms with van der Waals surface area (Å²) in [6.45, 7) is 4.63. The number of non-ortho nitro benzene ring substituents is 1. The maximum absolute atomic E-state index is 12.3. The van der Waals surface area contributed by atoms with Gasteiger partial charge in [-0.25, -0.2) is 9.59 Å². The Bertz CT molecular complexity index is 629. The van der Waals surface area contributed by atoms with Crippen LogP contribution in [0.25, 0.3) is 0 Å². The average molecular weight is 379 g/mol. The summed E-state index contributed by atoms with van der Waals surface area (Å²) in [6, 6.07) is 3.51. The first-order valence-electron chi connectivity index (χ1n) is 9.63. The molecule has 0 radical (unpaired) electrons. The fourth-order valence-corrected chi connectivity index (χ4v) is 2.54. The summed E-state index contributed by atoms with van der Waals surface area (Å²) in [5.41, 5.74) is -0.402. The van der Waals surface area contributed by atoms with Crippen LogP contribution in [0.5, 0.6) is 0 Å².